The standard InChI is InChI=1S/C22H17N3O3/c1-28-17-13-11-15(12-14-17)22(27)25-19-10-6-5-9-18(19)24-20(25)21(26)23-16-7-3-2-4-8-16/h2-14H,1H3,(H,23,26). The molecule has 1 amide bonds. The number of carbonyl (C=O) groups excluding carboxylic acids is 2. The normalized spacial score (nSPS) is 10.6. The van der Waals surface area contributed by atoms with Gasteiger partial charge in [0.05, 0.1) is 18.1 Å². The highest BCUT2D eigenvalue weighted by Gasteiger charge is 2.23. The molecule has 1 N–H and O–H groups in total. The van der Waals surface area contributed by atoms with Gasteiger partial charge in [-0.15, -0.1) is 0 Å². The first-order valence-corrected chi connectivity index (χ1v) is 8.70. The minimum atomic E-state index is -0.454. The summed E-state index contributed by atoms with van der Waals surface area (Å²) in [6.07, 6.45) is 0. The molecule has 0 unspecified atom stereocenters. The molecule has 0 fully saturated rings. The van der Waals surface area contributed by atoms with Gasteiger partial charge in [-0.25, -0.2) is 4.98 Å². The molecule has 0 aliphatic rings. The molecule has 0 bridgehead atoms. The average molecular weight is 371 g/mol. The van der Waals surface area contributed by atoms with Crippen LogP contribution in [0.2, 0.25) is 0 Å². The van der Waals surface area contributed by atoms with E-state index in [9.17, 15) is 9.59 Å². The molecular weight excluding hydrogens is 354 g/mol. The molecule has 4 rings (SSSR count). The number of para-hydroxylation sites is 3. The molecule has 0 aliphatic carbocycles. The van der Waals surface area contributed by atoms with Crippen molar-refractivity contribution in [2.75, 3.05) is 12.4 Å². The van der Waals surface area contributed by atoms with Gasteiger partial charge in [0.15, 0.2) is 0 Å². The fraction of sp³-hybridized carbons (Fsp3) is 0.0455. The number of nitrogens with zero attached hydrogens (tertiary/aromatic N) is 2. The Hall–Kier alpha value is -3.93. The van der Waals surface area contributed by atoms with Gasteiger partial charge in [0, 0.05) is 11.3 Å². The molecule has 0 saturated carbocycles. The number of imidazole rings is 1. The van der Waals surface area contributed by atoms with E-state index < -0.39 is 5.91 Å². The van der Waals surface area contributed by atoms with E-state index in [1.165, 1.54) is 4.57 Å². The van der Waals surface area contributed by atoms with Gasteiger partial charge in [-0.3, -0.25) is 14.2 Å². The Labute approximate surface area is 161 Å². The molecule has 0 radical (unpaired) electrons. The van der Waals surface area contributed by atoms with Gasteiger partial charge in [0.2, 0.25) is 5.82 Å². The molecule has 0 spiro atoms. The SMILES string of the molecule is COc1ccc(C(=O)n2c(C(=O)Nc3ccccc3)nc3ccccc32)cc1. The number of hydrogen-bond donors (Lipinski definition) is 1. The van der Waals surface area contributed by atoms with Crippen LogP contribution in [-0.4, -0.2) is 28.5 Å². The van der Waals surface area contributed by atoms with Gasteiger partial charge in [-0.2, -0.15) is 0 Å². The molecule has 28 heavy (non-hydrogen) atoms. The number of aromatic nitrogens is 2. The van der Waals surface area contributed by atoms with Crippen molar-refractivity contribution in [3.05, 3.63) is 90.3 Å². The zero-order valence-corrected chi connectivity index (χ0v) is 15.1. The summed E-state index contributed by atoms with van der Waals surface area (Å²) in [5, 5.41) is 2.79. The lowest BCUT2D eigenvalue weighted by Gasteiger charge is -2.09. The van der Waals surface area contributed by atoms with E-state index >= 15 is 0 Å². The third-order valence-corrected chi connectivity index (χ3v) is 4.34. The van der Waals surface area contributed by atoms with Crippen molar-refractivity contribution in [2.24, 2.45) is 0 Å². The maximum Gasteiger partial charge on any atom is 0.292 e. The summed E-state index contributed by atoms with van der Waals surface area (Å²) in [5.41, 5.74) is 2.20. The lowest BCUT2D eigenvalue weighted by atomic mass is 10.2. The highest BCUT2D eigenvalue weighted by molar-refractivity contribution is 6.10. The quantitative estimate of drug-likeness (QED) is 0.589. The van der Waals surface area contributed by atoms with Gasteiger partial charge >= 0.3 is 0 Å². The van der Waals surface area contributed by atoms with E-state index in [-0.39, 0.29) is 11.7 Å². The predicted molar refractivity (Wildman–Crippen MR) is 107 cm³/mol. The van der Waals surface area contributed by atoms with Gasteiger partial charge in [-0.1, -0.05) is 30.3 Å². The monoisotopic (exact) mass is 371 g/mol. The number of benzene rings is 3. The van der Waals surface area contributed by atoms with Crippen molar-refractivity contribution in [1.82, 2.24) is 9.55 Å². The van der Waals surface area contributed by atoms with Crippen LogP contribution in [0.15, 0.2) is 78.9 Å². The largest absolute Gasteiger partial charge is 0.497 e. The zero-order valence-electron chi connectivity index (χ0n) is 15.1. The minimum Gasteiger partial charge on any atom is -0.497 e. The second-order valence-electron chi connectivity index (χ2n) is 6.11. The lowest BCUT2D eigenvalue weighted by Crippen LogP contribution is -2.23. The first-order valence-electron chi connectivity index (χ1n) is 8.70. The summed E-state index contributed by atoms with van der Waals surface area (Å²) in [6, 6.07) is 22.9. The highest BCUT2D eigenvalue weighted by Crippen LogP contribution is 2.20. The second-order valence-corrected chi connectivity index (χ2v) is 6.11. The number of amides is 1. The van der Waals surface area contributed by atoms with Crippen molar-refractivity contribution >= 4 is 28.5 Å². The summed E-state index contributed by atoms with van der Waals surface area (Å²) in [5.74, 6) is -0.112. The van der Waals surface area contributed by atoms with Crippen molar-refractivity contribution in [1.29, 1.82) is 0 Å². The Balaban J connectivity index is 1.78. The number of methoxy groups -OCH3 is 1. The molecular formula is C22H17N3O3. The Morgan fingerprint density at radius 3 is 2.29 bits per heavy atom. The maximum atomic E-state index is 13.2. The number of carbonyl (C=O) groups is 2. The third-order valence-electron chi connectivity index (χ3n) is 4.34. The van der Waals surface area contributed by atoms with Crippen LogP contribution in [0.1, 0.15) is 21.0 Å². The van der Waals surface area contributed by atoms with E-state index in [0.29, 0.717) is 28.0 Å². The van der Waals surface area contributed by atoms with E-state index in [1.807, 2.05) is 24.3 Å². The van der Waals surface area contributed by atoms with Crippen molar-refractivity contribution in [2.45, 2.75) is 0 Å². The van der Waals surface area contributed by atoms with Crippen LogP contribution in [0.3, 0.4) is 0 Å². The van der Waals surface area contributed by atoms with Crippen LogP contribution >= 0.6 is 0 Å². The molecule has 0 aliphatic heterocycles. The number of nitrogens with one attached hydrogen (secondary N) is 1. The summed E-state index contributed by atoms with van der Waals surface area (Å²) < 4.78 is 6.49. The Bertz CT molecular complexity index is 1150. The van der Waals surface area contributed by atoms with Crippen LogP contribution in [0, 0.1) is 0 Å². The van der Waals surface area contributed by atoms with Gasteiger partial charge in [0.25, 0.3) is 11.8 Å². The Kier molecular flexibility index (Phi) is 4.60. The van der Waals surface area contributed by atoms with Crippen LogP contribution in [0.25, 0.3) is 11.0 Å². The molecule has 3 aromatic carbocycles. The number of ether oxygens (including phenoxy) is 1. The second kappa shape index (κ2) is 7.36. The third kappa shape index (κ3) is 3.23. The molecule has 1 heterocycles. The highest BCUT2D eigenvalue weighted by atomic mass is 16.5. The van der Waals surface area contributed by atoms with Crippen LogP contribution in [0.5, 0.6) is 5.75 Å². The molecule has 6 nitrogen and oxygen atoms in total. The van der Waals surface area contributed by atoms with E-state index in [2.05, 4.69) is 10.3 Å². The first kappa shape index (κ1) is 17.5. The summed E-state index contributed by atoms with van der Waals surface area (Å²) in [4.78, 5) is 30.5. The molecule has 0 saturated heterocycles. The van der Waals surface area contributed by atoms with E-state index in [0.717, 1.165) is 0 Å². The van der Waals surface area contributed by atoms with Gasteiger partial charge < -0.3 is 10.1 Å². The zero-order chi connectivity index (χ0) is 19.5. The fourth-order valence-corrected chi connectivity index (χ4v) is 2.96. The summed E-state index contributed by atoms with van der Waals surface area (Å²) in [7, 11) is 1.56. The molecule has 4 aromatic rings. The summed E-state index contributed by atoms with van der Waals surface area (Å²) >= 11 is 0. The van der Waals surface area contributed by atoms with Crippen LogP contribution < -0.4 is 10.1 Å². The minimum absolute atomic E-state index is 0.0332. The smallest absolute Gasteiger partial charge is 0.292 e. The van der Waals surface area contributed by atoms with Crippen molar-refractivity contribution in [3.63, 3.8) is 0 Å². The number of rotatable bonds is 4. The van der Waals surface area contributed by atoms with Crippen LogP contribution in [-0.2, 0) is 0 Å². The first-order chi connectivity index (χ1) is 13.7. The van der Waals surface area contributed by atoms with Gasteiger partial charge in [0.1, 0.15) is 5.75 Å². The maximum absolute atomic E-state index is 13.2. The number of anilines is 1. The van der Waals surface area contributed by atoms with Crippen molar-refractivity contribution < 1.29 is 14.3 Å². The number of fused-ring (bicyclic) bond motifs is 1. The average Bonchev–Trinajstić information content (AvgIpc) is 3.14. The molecule has 1 aromatic heterocycles. The van der Waals surface area contributed by atoms with E-state index in [1.54, 1.807) is 61.7 Å². The number of hydrogen-bond acceptors (Lipinski definition) is 4. The predicted octanol–water partition coefficient (Wildman–Crippen LogP) is 3.99. The Morgan fingerprint density at radius 1 is 0.893 bits per heavy atom. The van der Waals surface area contributed by atoms with Crippen LogP contribution in [0.4, 0.5) is 5.69 Å². The van der Waals surface area contributed by atoms with Crippen molar-refractivity contribution in [3.8, 4) is 5.75 Å². The molecule has 0 atom stereocenters. The Morgan fingerprint density at radius 2 is 1.57 bits per heavy atom. The van der Waals surface area contributed by atoms with Gasteiger partial charge in [-0.05, 0) is 48.5 Å². The fourth-order valence-electron chi connectivity index (χ4n) is 2.96. The molecule has 6 heteroatoms. The summed E-state index contributed by atoms with van der Waals surface area (Å²) in [6.45, 7) is 0. The van der Waals surface area contributed by atoms with E-state index in [4.69, 9.17) is 4.74 Å². The topological polar surface area (TPSA) is 73.2 Å². The molecule has 138 valence electrons. The lowest BCUT2D eigenvalue weighted by molar-refractivity contribution is 0.0931.